The highest BCUT2D eigenvalue weighted by Crippen LogP contribution is 2.32. The fraction of sp³-hybridized carbons (Fsp3) is 0.200. The van der Waals surface area contributed by atoms with E-state index in [1.54, 1.807) is 14.2 Å². The molecule has 2 rings (SSSR count). The molecule has 21 heavy (non-hydrogen) atoms. The third-order valence-corrected chi connectivity index (χ3v) is 4.62. The summed E-state index contributed by atoms with van der Waals surface area (Å²) in [5.41, 5.74) is 4.93. The second kappa shape index (κ2) is 7.44. The molecule has 3 N–H and O–H groups in total. The Bertz CT molecular complexity index is 615. The van der Waals surface area contributed by atoms with E-state index in [9.17, 15) is 0 Å². The molecular weight excluding hydrogens is 447 g/mol. The van der Waals surface area contributed by atoms with E-state index >= 15 is 0 Å². The maximum atomic E-state index is 5.79. The fourth-order valence-corrected chi connectivity index (χ4v) is 3.12. The van der Waals surface area contributed by atoms with Gasteiger partial charge < -0.3 is 9.47 Å². The van der Waals surface area contributed by atoms with Crippen molar-refractivity contribution < 1.29 is 9.47 Å². The van der Waals surface area contributed by atoms with Gasteiger partial charge in [0.2, 0.25) is 0 Å². The zero-order chi connectivity index (χ0) is 15.4. The van der Waals surface area contributed by atoms with Crippen LogP contribution in [0.25, 0.3) is 0 Å². The molecule has 1 atom stereocenters. The van der Waals surface area contributed by atoms with Crippen molar-refractivity contribution in [3.8, 4) is 11.5 Å². The minimum Gasteiger partial charge on any atom is -0.497 e. The number of halogens is 2. The topological polar surface area (TPSA) is 56.5 Å². The van der Waals surface area contributed by atoms with E-state index in [0.29, 0.717) is 0 Å². The highest BCUT2D eigenvalue weighted by Gasteiger charge is 2.17. The van der Waals surface area contributed by atoms with Gasteiger partial charge in [0, 0.05) is 14.1 Å². The van der Waals surface area contributed by atoms with Crippen LogP contribution >= 0.6 is 38.5 Å². The summed E-state index contributed by atoms with van der Waals surface area (Å²) in [6.07, 6.45) is 0. The maximum absolute atomic E-state index is 5.79. The lowest BCUT2D eigenvalue weighted by molar-refractivity contribution is 0.392. The highest BCUT2D eigenvalue weighted by molar-refractivity contribution is 14.1. The van der Waals surface area contributed by atoms with Crippen LogP contribution < -0.4 is 20.7 Å². The third kappa shape index (κ3) is 3.88. The predicted molar refractivity (Wildman–Crippen MR) is 95.6 cm³/mol. The van der Waals surface area contributed by atoms with Gasteiger partial charge in [-0.3, -0.25) is 5.84 Å². The highest BCUT2D eigenvalue weighted by atomic mass is 127. The average molecular weight is 463 g/mol. The van der Waals surface area contributed by atoms with Crippen LogP contribution in [-0.4, -0.2) is 14.2 Å². The molecule has 0 radical (unpaired) electrons. The summed E-state index contributed by atoms with van der Waals surface area (Å²) >= 11 is 5.80. The summed E-state index contributed by atoms with van der Waals surface area (Å²) in [5.74, 6) is 7.25. The molecule has 4 nitrogen and oxygen atoms in total. The molecule has 1 unspecified atom stereocenters. The van der Waals surface area contributed by atoms with E-state index in [2.05, 4.69) is 50.0 Å². The lowest BCUT2D eigenvalue weighted by Crippen LogP contribution is -2.29. The first-order chi connectivity index (χ1) is 10.1. The predicted octanol–water partition coefficient (Wildman–Crippen LogP) is 3.62. The molecule has 0 bridgehead atoms. The lowest BCUT2D eigenvalue weighted by atomic mass is 9.99. The van der Waals surface area contributed by atoms with Gasteiger partial charge in [-0.25, -0.2) is 5.43 Å². The number of nitrogens with one attached hydrogen (secondary N) is 1. The van der Waals surface area contributed by atoms with Gasteiger partial charge >= 0.3 is 0 Å². The molecule has 0 fully saturated rings. The number of rotatable bonds is 5. The van der Waals surface area contributed by atoms with Crippen LogP contribution in [0.5, 0.6) is 11.5 Å². The van der Waals surface area contributed by atoms with Gasteiger partial charge in [0.25, 0.3) is 0 Å². The van der Waals surface area contributed by atoms with Crippen LogP contribution in [-0.2, 0) is 0 Å². The summed E-state index contributed by atoms with van der Waals surface area (Å²) in [7, 11) is 3.26. The van der Waals surface area contributed by atoms with Gasteiger partial charge in [0.1, 0.15) is 11.5 Å². The quantitative estimate of drug-likeness (QED) is 0.404. The zero-order valence-electron chi connectivity index (χ0n) is 11.7. The Kier molecular flexibility index (Phi) is 5.86. The Morgan fingerprint density at radius 2 is 1.71 bits per heavy atom. The molecule has 0 spiro atoms. The smallest absolute Gasteiger partial charge is 0.122 e. The van der Waals surface area contributed by atoms with Crippen molar-refractivity contribution in [1.29, 1.82) is 0 Å². The van der Waals surface area contributed by atoms with Crippen LogP contribution in [0.15, 0.2) is 40.9 Å². The molecule has 2 aromatic carbocycles. The number of ether oxygens (including phenoxy) is 2. The Morgan fingerprint density at radius 3 is 2.24 bits per heavy atom. The van der Waals surface area contributed by atoms with Crippen molar-refractivity contribution in [1.82, 2.24) is 5.43 Å². The van der Waals surface area contributed by atoms with Crippen molar-refractivity contribution >= 4 is 38.5 Å². The fourth-order valence-electron chi connectivity index (χ4n) is 2.10. The van der Waals surface area contributed by atoms with E-state index in [1.807, 2.05) is 30.3 Å². The second-order valence-electron chi connectivity index (χ2n) is 4.41. The van der Waals surface area contributed by atoms with Crippen LogP contribution in [0.2, 0.25) is 0 Å². The molecule has 0 aliphatic carbocycles. The van der Waals surface area contributed by atoms with Gasteiger partial charge in [0.15, 0.2) is 0 Å². The summed E-state index contributed by atoms with van der Waals surface area (Å²) in [5, 5.41) is 0. The first-order valence-corrected chi connectivity index (χ1v) is 8.10. The zero-order valence-corrected chi connectivity index (χ0v) is 15.4. The molecule has 0 aliphatic rings. The van der Waals surface area contributed by atoms with Crippen LogP contribution in [0.1, 0.15) is 17.2 Å². The number of methoxy groups -OCH3 is 2. The van der Waals surface area contributed by atoms with Gasteiger partial charge in [0.05, 0.1) is 20.3 Å². The maximum Gasteiger partial charge on any atom is 0.122 e. The average Bonchev–Trinajstić information content (AvgIpc) is 2.51. The monoisotopic (exact) mass is 462 g/mol. The normalized spacial score (nSPS) is 12.0. The Morgan fingerprint density at radius 1 is 1.10 bits per heavy atom. The first-order valence-electron chi connectivity index (χ1n) is 6.23. The van der Waals surface area contributed by atoms with Gasteiger partial charge in [-0.1, -0.05) is 15.9 Å². The summed E-state index contributed by atoms with van der Waals surface area (Å²) < 4.78 is 12.8. The molecule has 112 valence electrons. The summed E-state index contributed by atoms with van der Waals surface area (Å²) in [6, 6.07) is 11.7. The van der Waals surface area contributed by atoms with Crippen molar-refractivity contribution in [2.45, 2.75) is 6.04 Å². The summed E-state index contributed by atoms with van der Waals surface area (Å²) in [6.45, 7) is 0. The molecule has 0 amide bonds. The number of nitrogens with two attached hydrogens (primary N) is 1. The molecule has 0 saturated heterocycles. The van der Waals surface area contributed by atoms with E-state index in [4.69, 9.17) is 15.3 Å². The standard InChI is InChI=1S/C15H16BrIN2O2/c1-20-11-5-9(6-12(8-11)21-2)15(19-18)13-7-10(16)3-4-14(13)17/h3-8,15,19H,18H2,1-2H3. The molecule has 6 heteroatoms. The second-order valence-corrected chi connectivity index (χ2v) is 6.49. The van der Waals surface area contributed by atoms with Crippen molar-refractivity contribution in [2.24, 2.45) is 5.84 Å². The largest absolute Gasteiger partial charge is 0.497 e. The van der Waals surface area contributed by atoms with Gasteiger partial charge in [-0.05, 0) is 64.0 Å². The van der Waals surface area contributed by atoms with Gasteiger partial charge in [-0.2, -0.15) is 0 Å². The van der Waals surface area contributed by atoms with E-state index in [0.717, 1.165) is 30.7 Å². The SMILES string of the molecule is COc1cc(OC)cc(C(NN)c2cc(Br)ccc2I)c1. The molecule has 0 aliphatic heterocycles. The van der Waals surface area contributed by atoms with E-state index in [1.165, 1.54) is 0 Å². The van der Waals surface area contributed by atoms with Crippen molar-refractivity contribution in [2.75, 3.05) is 14.2 Å². The van der Waals surface area contributed by atoms with Crippen LogP contribution in [0.4, 0.5) is 0 Å². The van der Waals surface area contributed by atoms with Crippen LogP contribution in [0.3, 0.4) is 0 Å². The number of hydrogen-bond acceptors (Lipinski definition) is 4. The molecule has 0 aromatic heterocycles. The number of benzene rings is 2. The lowest BCUT2D eigenvalue weighted by Gasteiger charge is -2.20. The Hall–Kier alpha value is -0.830. The van der Waals surface area contributed by atoms with Gasteiger partial charge in [-0.15, -0.1) is 0 Å². The Labute approximate surface area is 146 Å². The van der Waals surface area contributed by atoms with E-state index < -0.39 is 0 Å². The third-order valence-electron chi connectivity index (χ3n) is 3.14. The molecule has 2 aromatic rings. The van der Waals surface area contributed by atoms with Crippen molar-refractivity contribution in [3.63, 3.8) is 0 Å². The number of hydrogen-bond donors (Lipinski definition) is 2. The molecular formula is C15H16BrIN2O2. The Balaban J connectivity index is 2.52. The first kappa shape index (κ1) is 16.5. The van der Waals surface area contributed by atoms with Crippen LogP contribution in [0, 0.1) is 3.57 Å². The van der Waals surface area contributed by atoms with Crippen molar-refractivity contribution in [3.05, 3.63) is 55.6 Å². The summed E-state index contributed by atoms with van der Waals surface area (Å²) in [4.78, 5) is 0. The minimum atomic E-state index is -0.154. The van der Waals surface area contributed by atoms with E-state index in [-0.39, 0.29) is 6.04 Å². The molecule has 0 heterocycles. The number of hydrazine groups is 1. The minimum absolute atomic E-state index is 0.154. The molecule has 0 saturated carbocycles.